The van der Waals surface area contributed by atoms with Gasteiger partial charge in [0.1, 0.15) is 10.7 Å². The van der Waals surface area contributed by atoms with E-state index in [-0.39, 0.29) is 11.4 Å². The fourth-order valence-corrected chi connectivity index (χ4v) is 2.84. The predicted octanol–water partition coefficient (Wildman–Crippen LogP) is 1.58. The second-order valence-corrected chi connectivity index (χ2v) is 6.42. The number of hydrogen-bond donors (Lipinski definition) is 1. The van der Waals surface area contributed by atoms with Gasteiger partial charge in [-0.3, -0.25) is 0 Å². The molecule has 0 aliphatic carbocycles. The van der Waals surface area contributed by atoms with Crippen LogP contribution in [0.2, 0.25) is 0 Å². The predicted molar refractivity (Wildman–Crippen MR) is 77.0 cm³/mol. The largest absolute Gasteiger partial charge is 0.313 e. The first kappa shape index (κ1) is 16.6. The van der Waals surface area contributed by atoms with Gasteiger partial charge < -0.3 is 5.32 Å². The van der Waals surface area contributed by atoms with E-state index >= 15 is 0 Å². The van der Waals surface area contributed by atoms with Gasteiger partial charge in [0.05, 0.1) is 6.54 Å². The first-order chi connectivity index (χ1) is 9.43. The molecule has 0 aromatic heterocycles. The van der Waals surface area contributed by atoms with Crippen molar-refractivity contribution >= 4 is 10.0 Å². The summed E-state index contributed by atoms with van der Waals surface area (Å²) in [6.45, 7) is 3.24. The van der Waals surface area contributed by atoms with Gasteiger partial charge >= 0.3 is 0 Å². The van der Waals surface area contributed by atoms with Gasteiger partial charge in [-0.15, -0.1) is 6.42 Å². The second-order valence-electron chi connectivity index (χ2n) is 4.41. The fraction of sp³-hybridized carbons (Fsp3) is 0.429. The van der Waals surface area contributed by atoms with Gasteiger partial charge in [0.2, 0.25) is 10.0 Å². The van der Waals surface area contributed by atoms with Crippen molar-refractivity contribution in [2.45, 2.75) is 24.8 Å². The van der Waals surface area contributed by atoms with Crippen LogP contribution in [0.15, 0.2) is 23.1 Å². The summed E-state index contributed by atoms with van der Waals surface area (Å²) in [6.07, 6.45) is 6.06. The Hall–Kier alpha value is -1.42. The van der Waals surface area contributed by atoms with Gasteiger partial charge in [-0.05, 0) is 30.7 Å². The minimum absolute atomic E-state index is 0.0971. The zero-order valence-corrected chi connectivity index (χ0v) is 12.5. The molecule has 0 atom stereocenters. The van der Waals surface area contributed by atoms with Gasteiger partial charge in [0.15, 0.2) is 0 Å². The summed E-state index contributed by atoms with van der Waals surface area (Å²) in [4.78, 5) is -0.342. The van der Waals surface area contributed by atoms with Crippen molar-refractivity contribution in [3.8, 4) is 12.3 Å². The lowest BCUT2D eigenvalue weighted by Crippen LogP contribution is -2.28. The topological polar surface area (TPSA) is 49.4 Å². The molecule has 0 fully saturated rings. The number of nitrogens with zero attached hydrogens (tertiary/aromatic N) is 1. The SMILES string of the molecule is C#CCN(C)S(=O)(=O)c1cc(CNCCC)ccc1F. The van der Waals surface area contributed by atoms with Crippen molar-refractivity contribution in [1.29, 1.82) is 0 Å². The average molecular weight is 298 g/mol. The van der Waals surface area contributed by atoms with Crippen molar-refractivity contribution in [2.24, 2.45) is 0 Å². The first-order valence-electron chi connectivity index (χ1n) is 6.32. The highest BCUT2D eigenvalue weighted by atomic mass is 32.2. The lowest BCUT2D eigenvalue weighted by Gasteiger charge is -2.15. The Morgan fingerprint density at radius 1 is 1.45 bits per heavy atom. The van der Waals surface area contributed by atoms with E-state index in [2.05, 4.69) is 11.2 Å². The summed E-state index contributed by atoms with van der Waals surface area (Å²) < 4.78 is 39.1. The van der Waals surface area contributed by atoms with E-state index in [1.54, 1.807) is 6.07 Å². The highest BCUT2D eigenvalue weighted by molar-refractivity contribution is 7.89. The monoisotopic (exact) mass is 298 g/mol. The average Bonchev–Trinajstić information content (AvgIpc) is 2.41. The summed E-state index contributed by atoms with van der Waals surface area (Å²) >= 11 is 0. The van der Waals surface area contributed by atoms with Gasteiger partial charge in [-0.2, -0.15) is 4.31 Å². The number of halogens is 1. The Kier molecular flexibility index (Phi) is 6.14. The van der Waals surface area contributed by atoms with E-state index in [4.69, 9.17) is 6.42 Å². The van der Waals surface area contributed by atoms with E-state index in [9.17, 15) is 12.8 Å². The molecule has 0 aliphatic rings. The zero-order valence-electron chi connectivity index (χ0n) is 11.7. The molecule has 0 amide bonds. The Balaban J connectivity index is 3.05. The van der Waals surface area contributed by atoms with Crippen LogP contribution in [-0.2, 0) is 16.6 Å². The minimum Gasteiger partial charge on any atom is -0.313 e. The van der Waals surface area contributed by atoms with Gasteiger partial charge in [0.25, 0.3) is 0 Å². The van der Waals surface area contributed by atoms with Crippen LogP contribution in [0.3, 0.4) is 0 Å². The summed E-state index contributed by atoms with van der Waals surface area (Å²) in [5.74, 6) is 1.46. The van der Waals surface area contributed by atoms with Gasteiger partial charge in [-0.1, -0.05) is 18.9 Å². The molecule has 0 spiro atoms. The number of terminal acetylenes is 1. The van der Waals surface area contributed by atoms with E-state index in [1.807, 2.05) is 6.92 Å². The maximum absolute atomic E-state index is 13.8. The van der Waals surface area contributed by atoms with E-state index in [0.29, 0.717) is 12.1 Å². The Morgan fingerprint density at radius 3 is 2.75 bits per heavy atom. The highest BCUT2D eigenvalue weighted by Gasteiger charge is 2.24. The third-order valence-corrected chi connectivity index (χ3v) is 4.57. The van der Waals surface area contributed by atoms with Crippen molar-refractivity contribution < 1.29 is 12.8 Å². The number of benzene rings is 1. The van der Waals surface area contributed by atoms with Crippen LogP contribution in [0.25, 0.3) is 0 Å². The molecule has 0 radical (unpaired) electrons. The lowest BCUT2D eigenvalue weighted by atomic mass is 10.2. The second kappa shape index (κ2) is 7.39. The molecule has 1 rings (SSSR count). The molecule has 0 unspecified atom stereocenters. The summed E-state index contributed by atoms with van der Waals surface area (Å²) in [5, 5.41) is 3.14. The summed E-state index contributed by atoms with van der Waals surface area (Å²) in [6, 6.07) is 4.08. The molecular weight excluding hydrogens is 279 g/mol. The van der Waals surface area contributed by atoms with Crippen molar-refractivity contribution in [1.82, 2.24) is 9.62 Å². The maximum Gasteiger partial charge on any atom is 0.246 e. The van der Waals surface area contributed by atoms with Crippen molar-refractivity contribution in [3.63, 3.8) is 0 Å². The molecule has 0 saturated carbocycles. The van der Waals surface area contributed by atoms with E-state index in [0.717, 1.165) is 17.3 Å². The molecule has 1 aromatic carbocycles. The normalized spacial score (nSPS) is 11.6. The molecule has 0 bridgehead atoms. The van der Waals surface area contributed by atoms with Crippen molar-refractivity contribution in [2.75, 3.05) is 20.1 Å². The van der Waals surface area contributed by atoms with Gasteiger partial charge in [-0.25, -0.2) is 12.8 Å². The molecule has 0 saturated heterocycles. The molecule has 0 heterocycles. The fourth-order valence-electron chi connectivity index (χ4n) is 1.65. The van der Waals surface area contributed by atoms with Crippen LogP contribution in [-0.4, -0.2) is 32.9 Å². The van der Waals surface area contributed by atoms with Crippen LogP contribution >= 0.6 is 0 Å². The first-order valence-corrected chi connectivity index (χ1v) is 7.76. The lowest BCUT2D eigenvalue weighted by molar-refractivity contribution is 0.492. The van der Waals surface area contributed by atoms with E-state index in [1.165, 1.54) is 19.2 Å². The quantitative estimate of drug-likeness (QED) is 0.614. The molecule has 110 valence electrons. The Labute approximate surface area is 120 Å². The minimum atomic E-state index is -3.90. The molecule has 0 aliphatic heterocycles. The smallest absolute Gasteiger partial charge is 0.246 e. The van der Waals surface area contributed by atoms with Crippen LogP contribution in [0.5, 0.6) is 0 Å². The molecule has 6 heteroatoms. The molecule has 4 nitrogen and oxygen atoms in total. The van der Waals surface area contributed by atoms with Crippen LogP contribution < -0.4 is 5.32 Å². The van der Waals surface area contributed by atoms with Crippen LogP contribution in [0, 0.1) is 18.2 Å². The molecule has 1 aromatic rings. The molecular formula is C14H19FN2O2S. The van der Waals surface area contributed by atoms with E-state index < -0.39 is 15.8 Å². The third kappa shape index (κ3) is 4.04. The zero-order chi connectivity index (χ0) is 15.2. The van der Waals surface area contributed by atoms with Gasteiger partial charge in [0, 0.05) is 13.6 Å². The Morgan fingerprint density at radius 2 is 2.15 bits per heavy atom. The third-order valence-electron chi connectivity index (χ3n) is 2.75. The van der Waals surface area contributed by atoms with Crippen LogP contribution in [0.4, 0.5) is 4.39 Å². The number of hydrogen-bond acceptors (Lipinski definition) is 3. The Bertz CT molecular complexity index is 594. The summed E-state index contributed by atoms with van der Waals surface area (Å²) in [7, 11) is -2.57. The molecule has 1 N–H and O–H groups in total. The summed E-state index contributed by atoms with van der Waals surface area (Å²) in [5.41, 5.74) is 0.715. The number of rotatable bonds is 7. The number of sulfonamides is 1. The maximum atomic E-state index is 13.8. The highest BCUT2D eigenvalue weighted by Crippen LogP contribution is 2.19. The number of nitrogens with one attached hydrogen (secondary N) is 1. The standard InChI is InChI=1S/C14H19FN2O2S/c1-4-8-16-11-12-6-7-13(15)14(10-12)20(18,19)17(3)9-5-2/h2,6-7,10,16H,4,8-9,11H2,1,3H3. The van der Waals surface area contributed by atoms with Crippen LogP contribution in [0.1, 0.15) is 18.9 Å². The van der Waals surface area contributed by atoms with Crippen molar-refractivity contribution in [3.05, 3.63) is 29.6 Å². The molecule has 20 heavy (non-hydrogen) atoms.